The standard InChI is InChI=1S/C28H32N2O3/c1-4-25(23-13-14-26(32-2)27(17-23)33-3)29-28(31)22-11-9-20(10-12-22)18-30-16-15-21-7-5-6-8-24(21)19-30/h5-14,17,25H,4,15-16,18-19H2,1-3H3,(H,29,31)/t25-/m0/s1. The maximum atomic E-state index is 12.9. The van der Waals surface area contributed by atoms with Crippen LogP contribution >= 0.6 is 0 Å². The van der Waals surface area contributed by atoms with Crippen LogP contribution in [-0.2, 0) is 19.5 Å². The molecule has 0 fully saturated rings. The highest BCUT2D eigenvalue weighted by molar-refractivity contribution is 5.94. The lowest BCUT2D eigenvalue weighted by Crippen LogP contribution is -2.30. The Morgan fingerprint density at radius 2 is 1.70 bits per heavy atom. The largest absolute Gasteiger partial charge is 0.493 e. The van der Waals surface area contributed by atoms with Crippen LogP contribution in [0, 0.1) is 0 Å². The number of methoxy groups -OCH3 is 2. The van der Waals surface area contributed by atoms with Crippen LogP contribution < -0.4 is 14.8 Å². The van der Waals surface area contributed by atoms with Crippen molar-refractivity contribution in [2.24, 2.45) is 0 Å². The molecule has 0 saturated heterocycles. The van der Waals surface area contributed by atoms with Crippen LogP contribution in [0.2, 0.25) is 0 Å². The molecule has 1 aliphatic rings. The molecule has 5 nitrogen and oxygen atoms in total. The molecule has 0 spiro atoms. The average Bonchev–Trinajstić information content (AvgIpc) is 2.87. The molecule has 1 heterocycles. The first kappa shape index (κ1) is 22.9. The van der Waals surface area contributed by atoms with Crippen LogP contribution in [0.3, 0.4) is 0 Å². The van der Waals surface area contributed by atoms with Gasteiger partial charge in [-0.2, -0.15) is 0 Å². The maximum absolute atomic E-state index is 12.9. The molecule has 0 unspecified atom stereocenters. The highest BCUT2D eigenvalue weighted by Crippen LogP contribution is 2.31. The fourth-order valence-corrected chi connectivity index (χ4v) is 4.44. The predicted molar refractivity (Wildman–Crippen MR) is 131 cm³/mol. The zero-order chi connectivity index (χ0) is 23.2. The van der Waals surface area contributed by atoms with Gasteiger partial charge in [-0.25, -0.2) is 0 Å². The van der Waals surface area contributed by atoms with Gasteiger partial charge in [-0.05, 0) is 59.4 Å². The molecule has 5 heteroatoms. The highest BCUT2D eigenvalue weighted by atomic mass is 16.5. The van der Waals surface area contributed by atoms with Crippen LogP contribution in [0.4, 0.5) is 0 Å². The second kappa shape index (κ2) is 10.5. The molecule has 0 radical (unpaired) electrons. The van der Waals surface area contributed by atoms with E-state index in [1.807, 2.05) is 30.3 Å². The number of carbonyl (C=O) groups excluding carboxylic acids is 1. The lowest BCUT2D eigenvalue weighted by Gasteiger charge is -2.28. The second-order valence-corrected chi connectivity index (χ2v) is 8.48. The molecule has 3 aromatic carbocycles. The van der Waals surface area contributed by atoms with Crippen molar-refractivity contribution in [3.63, 3.8) is 0 Å². The summed E-state index contributed by atoms with van der Waals surface area (Å²) in [6, 6.07) is 22.3. The summed E-state index contributed by atoms with van der Waals surface area (Å²) in [4.78, 5) is 15.4. The van der Waals surface area contributed by atoms with E-state index >= 15 is 0 Å². The number of rotatable bonds is 8. The summed E-state index contributed by atoms with van der Waals surface area (Å²) in [5.41, 5.74) is 5.76. The molecule has 1 aliphatic heterocycles. The van der Waals surface area contributed by atoms with Gasteiger partial charge in [-0.3, -0.25) is 9.69 Å². The Balaban J connectivity index is 1.39. The van der Waals surface area contributed by atoms with Gasteiger partial charge in [0.1, 0.15) is 0 Å². The molecule has 172 valence electrons. The first-order valence-corrected chi connectivity index (χ1v) is 11.5. The highest BCUT2D eigenvalue weighted by Gasteiger charge is 2.18. The maximum Gasteiger partial charge on any atom is 0.251 e. The van der Waals surface area contributed by atoms with Gasteiger partial charge in [0.15, 0.2) is 11.5 Å². The van der Waals surface area contributed by atoms with Gasteiger partial charge in [0, 0.05) is 25.2 Å². The van der Waals surface area contributed by atoms with Gasteiger partial charge in [-0.15, -0.1) is 0 Å². The van der Waals surface area contributed by atoms with Crippen LogP contribution in [0.5, 0.6) is 11.5 Å². The van der Waals surface area contributed by atoms with E-state index in [1.54, 1.807) is 14.2 Å². The molecule has 4 rings (SSSR count). The van der Waals surface area contributed by atoms with E-state index in [1.165, 1.54) is 16.7 Å². The number of carbonyl (C=O) groups is 1. The van der Waals surface area contributed by atoms with Crippen molar-refractivity contribution in [2.45, 2.75) is 38.9 Å². The third kappa shape index (κ3) is 5.37. The van der Waals surface area contributed by atoms with Crippen LogP contribution in [0.25, 0.3) is 0 Å². The Labute approximate surface area is 196 Å². The molecule has 1 atom stereocenters. The predicted octanol–water partition coefficient (Wildman–Crippen LogP) is 5.14. The SMILES string of the molecule is CC[C@H](NC(=O)c1ccc(CN2CCc3ccccc3C2)cc1)c1ccc(OC)c(OC)c1. The van der Waals surface area contributed by atoms with Crippen LogP contribution in [-0.4, -0.2) is 31.6 Å². The van der Waals surface area contributed by atoms with Crippen molar-refractivity contribution in [3.8, 4) is 11.5 Å². The van der Waals surface area contributed by atoms with E-state index in [9.17, 15) is 4.79 Å². The van der Waals surface area contributed by atoms with Crippen molar-refractivity contribution in [2.75, 3.05) is 20.8 Å². The van der Waals surface area contributed by atoms with E-state index < -0.39 is 0 Å². The zero-order valence-corrected chi connectivity index (χ0v) is 19.6. The third-order valence-electron chi connectivity index (χ3n) is 6.36. The lowest BCUT2D eigenvalue weighted by molar-refractivity contribution is 0.0935. The van der Waals surface area contributed by atoms with Gasteiger partial charge in [-0.1, -0.05) is 49.4 Å². The minimum absolute atomic E-state index is 0.0740. The van der Waals surface area contributed by atoms with Gasteiger partial charge < -0.3 is 14.8 Å². The number of ether oxygens (including phenoxy) is 2. The Morgan fingerprint density at radius 3 is 2.39 bits per heavy atom. The number of hydrogen-bond acceptors (Lipinski definition) is 4. The fraction of sp³-hybridized carbons (Fsp3) is 0.321. The van der Waals surface area contributed by atoms with Gasteiger partial charge in [0.2, 0.25) is 0 Å². The van der Waals surface area contributed by atoms with Crippen molar-refractivity contribution in [1.82, 2.24) is 10.2 Å². The van der Waals surface area contributed by atoms with E-state index in [0.717, 1.165) is 38.0 Å². The third-order valence-corrected chi connectivity index (χ3v) is 6.36. The molecule has 0 aliphatic carbocycles. The van der Waals surface area contributed by atoms with Crippen molar-refractivity contribution >= 4 is 5.91 Å². The summed E-state index contributed by atoms with van der Waals surface area (Å²) in [6.45, 7) is 4.98. The van der Waals surface area contributed by atoms with Crippen LogP contribution in [0.15, 0.2) is 66.7 Å². The quantitative estimate of drug-likeness (QED) is 0.523. The second-order valence-electron chi connectivity index (χ2n) is 8.48. The number of nitrogens with one attached hydrogen (secondary N) is 1. The Morgan fingerprint density at radius 1 is 0.970 bits per heavy atom. The summed E-state index contributed by atoms with van der Waals surface area (Å²) in [5.74, 6) is 1.26. The zero-order valence-electron chi connectivity index (χ0n) is 19.6. The van der Waals surface area contributed by atoms with Crippen molar-refractivity contribution in [3.05, 3.63) is 94.5 Å². The number of fused-ring (bicyclic) bond motifs is 1. The molecular formula is C28H32N2O3. The van der Waals surface area contributed by atoms with E-state index in [4.69, 9.17) is 9.47 Å². The fourth-order valence-electron chi connectivity index (χ4n) is 4.44. The Hall–Kier alpha value is -3.31. The molecule has 0 bridgehead atoms. The smallest absolute Gasteiger partial charge is 0.251 e. The first-order valence-electron chi connectivity index (χ1n) is 11.5. The molecular weight excluding hydrogens is 412 g/mol. The number of hydrogen-bond donors (Lipinski definition) is 1. The lowest BCUT2D eigenvalue weighted by atomic mass is 9.99. The first-order chi connectivity index (χ1) is 16.1. The molecule has 1 N–H and O–H groups in total. The normalized spacial score (nSPS) is 14.3. The van der Waals surface area contributed by atoms with Crippen molar-refractivity contribution in [1.29, 1.82) is 0 Å². The van der Waals surface area contributed by atoms with E-state index in [-0.39, 0.29) is 11.9 Å². The Bertz CT molecular complexity index is 1090. The summed E-state index contributed by atoms with van der Waals surface area (Å²) in [5, 5.41) is 3.15. The average molecular weight is 445 g/mol. The van der Waals surface area contributed by atoms with Crippen molar-refractivity contribution < 1.29 is 14.3 Å². The topological polar surface area (TPSA) is 50.8 Å². The number of benzene rings is 3. The molecule has 33 heavy (non-hydrogen) atoms. The summed E-state index contributed by atoms with van der Waals surface area (Å²) >= 11 is 0. The molecule has 1 amide bonds. The minimum atomic E-state index is -0.106. The molecule has 0 saturated carbocycles. The summed E-state index contributed by atoms with van der Waals surface area (Å²) < 4.78 is 10.7. The summed E-state index contributed by atoms with van der Waals surface area (Å²) in [7, 11) is 3.23. The Kier molecular flexibility index (Phi) is 7.30. The van der Waals surface area contributed by atoms with Gasteiger partial charge >= 0.3 is 0 Å². The van der Waals surface area contributed by atoms with Crippen LogP contribution in [0.1, 0.15) is 52.0 Å². The molecule has 0 aromatic heterocycles. The number of nitrogens with zero attached hydrogens (tertiary/aromatic N) is 1. The monoisotopic (exact) mass is 444 g/mol. The van der Waals surface area contributed by atoms with E-state index in [0.29, 0.717) is 17.1 Å². The minimum Gasteiger partial charge on any atom is -0.493 e. The molecule has 3 aromatic rings. The van der Waals surface area contributed by atoms with Gasteiger partial charge in [0.25, 0.3) is 5.91 Å². The van der Waals surface area contributed by atoms with Gasteiger partial charge in [0.05, 0.1) is 20.3 Å². The summed E-state index contributed by atoms with van der Waals surface area (Å²) in [6.07, 6.45) is 1.86. The van der Waals surface area contributed by atoms with E-state index in [2.05, 4.69) is 53.5 Å². The number of amides is 1.